The summed E-state index contributed by atoms with van der Waals surface area (Å²) in [6, 6.07) is 3.75. The topological polar surface area (TPSA) is 53.1 Å². The lowest BCUT2D eigenvalue weighted by atomic mass is 10.2. The number of aryl methyl sites for hydroxylation is 2. The molecule has 2 rings (SSSR count). The van der Waals surface area contributed by atoms with E-state index in [0.717, 1.165) is 6.07 Å². The lowest BCUT2D eigenvalue weighted by Gasteiger charge is -2.08. The number of hydrogen-bond donors (Lipinski definition) is 1. The molecule has 0 spiro atoms. The molecule has 1 aromatic heterocycles. The number of aromatic nitrogens is 2. The van der Waals surface area contributed by atoms with Gasteiger partial charge in [-0.05, 0) is 19.1 Å². The maximum absolute atomic E-state index is 13.5. The minimum atomic E-state index is -1.03. The summed E-state index contributed by atoms with van der Waals surface area (Å²) >= 11 is 0. The van der Waals surface area contributed by atoms with Crippen LogP contribution in [0.1, 0.15) is 11.3 Å². The summed E-state index contributed by atoms with van der Waals surface area (Å²) in [5.41, 5.74) is 6.95. The zero-order valence-electron chi connectivity index (χ0n) is 10.1. The third kappa shape index (κ3) is 2.06. The Labute approximate surface area is 103 Å². The third-order valence-corrected chi connectivity index (χ3v) is 2.62. The molecule has 96 valence electrons. The minimum Gasteiger partial charge on any atom is -0.436 e. The largest absolute Gasteiger partial charge is 0.436 e. The van der Waals surface area contributed by atoms with Crippen LogP contribution in [0.15, 0.2) is 18.2 Å². The van der Waals surface area contributed by atoms with Crippen LogP contribution in [-0.2, 0) is 13.6 Å². The molecule has 2 N–H and O–H groups in total. The highest BCUT2D eigenvalue weighted by Crippen LogP contribution is 2.29. The fourth-order valence-corrected chi connectivity index (χ4v) is 1.71. The standard InChI is InChI=1S/C12H13F2N3O/c1-7-8(6-15)12(17(2)16-7)18-10-5-3-4-9(13)11(10)14/h3-5H,6,15H2,1-2H3. The van der Waals surface area contributed by atoms with Crippen LogP contribution < -0.4 is 10.5 Å². The van der Waals surface area contributed by atoms with Gasteiger partial charge in [0, 0.05) is 13.6 Å². The molecule has 2 aromatic rings. The normalized spacial score (nSPS) is 10.7. The Morgan fingerprint density at radius 1 is 1.39 bits per heavy atom. The number of hydrogen-bond acceptors (Lipinski definition) is 3. The summed E-state index contributed by atoms with van der Waals surface area (Å²) in [5.74, 6) is -1.85. The van der Waals surface area contributed by atoms with Crippen LogP contribution >= 0.6 is 0 Å². The average Bonchev–Trinajstić information content (AvgIpc) is 2.59. The van der Waals surface area contributed by atoms with Crippen molar-refractivity contribution in [3.8, 4) is 11.6 Å². The van der Waals surface area contributed by atoms with Gasteiger partial charge < -0.3 is 10.5 Å². The molecule has 6 heteroatoms. The second-order valence-electron chi connectivity index (χ2n) is 3.85. The fraction of sp³-hybridized carbons (Fsp3) is 0.250. The van der Waals surface area contributed by atoms with Crippen molar-refractivity contribution >= 4 is 0 Å². The summed E-state index contributed by atoms with van der Waals surface area (Å²) < 4.78 is 33.4. The van der Waals surface area contributed by atoms with Gasteiger partial charge in [-0.15, -0.1) is 0 Å². The fourth-order valence-electron chi connectivity index (χ4n) is 1.71. The molecule has 1 heterocycles. The van der Waals surface area contributed by atoms with Gasteiger partial charge in [0.2, 0.25) is 11.7 Å². The van der Waals surface area contributed by atoms with E-state index in [1.54, 1.807) is 14.0 Å². The Balaban J connectivity index is 2.43. The molecule has 0 aliphatic heterocycles. The molecule has 0 atom stereocenters. The van der Waals surface area contributed by atoms with Crippen LogP contribution in [0.5, 0.6) is 11.6 Å². The van der Waals surface area contributed by atoms with Crippen molar-refractivity contribution in [3.05, 3.63) is 41.1 Å². The highest BCUT2D eigenvalue weighted by atomic mass is 19.2. The zero-order chi connectivity index (χ0) is 13.3. The number of rotatable bonds is 3. The Morgan fingerprint density at radius 2 is 2.11 bits per heavy atom. The first-order chi connectivity index (χ1) is 8.54. The third-order valence-electron chi connectivity index (χ3n) is 2.62. The van der Waals surface area contributed by atoms with E-state index in [4.69, 9.17) is 10.5 Å². The van der Waals surface area contributed by atoms with Gasteiger partial charge in [-0.3, -0.25) is 0 Å². The van der Waals surface area contributed by atoms with E-state index in [1.165, 1.54) is 16.8 Å². The molecule has 0 amide bonds. The monoisotopic (exact) mass is 253 g/mol. The Morgan fingerprint density at radius 3 is 2.78 bits per heavy atom. The van der Waals surface area contributed by atoms with Crippen molar-refractivity contribution in [1.29, 1.82) is 0 Å². The van der Waals surface area contributed by atoms with Crippen LogP contribution in [0.25, 0.3) is 0 Å². The van der Waals surface area contributed by atoms with Gasteiger partial charge in [0.05, 0.1) is 11.3 Å². The minimum absolute atomic E-state index is 0.187. The molecule has 0 saturated heterocycles. The van der Waals surface area contributed by atoms with Crippen molar-refractivity contribution in [3.63, 3.8) is 0 Å². The summed E-state index contributed by atoms with van der Waals surface area (Å²) in [7, 11) is 1.65. The number of ether oxygens (including phenoxy) is 1. The van der Waals surface area contributed by atoms with E-state index in [1.807, 2.05) is 0 Å². The quantitative estimate of drug-likeness (QED) is 0.912. The lowest BCUT2D eigenvalue weighted by molar-refractivity contribution is 0.384. The van der Waals surface area contributed by atoms with Gasteiger partial charge in [0.15, 0.2) is 11.6 Å². The number of nitrogens with two attached hydrogens (primary N) is 1. The van der Waals surface area contributed by atoms with E-state index in [9.17, 15) is 8.78 Å². The molecule has 0 aliphatic carbocycles. The first-order valence-electron chi connectivity index (χ1n) is 5.39. The number of halogens is 2. The van der Waals surface area contributed by atoms with Crippen LogP contribution in [0.3, 0.4) is 0 Å². The van der Waals surface area contributed by atoms with Gasteiger partial charge >= 0.3 is 0 Å². The van der Waals surface area contributed by atoms with Gasteiger partial charge in [-0.1, -0.05) is 6.07 Å². The molecule has 0 radical (unpaired) electrons. The van der Waals surface area contributed by atoms with E-state index in [0.29, 0.717) is 17.1 Å². The second kappa shape index (κ2) is 4.73. The van der Waals surface area contributed by atoms with Crippen molar-refractivity contribution in [2.45, 2.75) is 13.5 Å². The summed E-state index contributed by atoms with van der Waals surface area (Å²) in [6.45, 7) is 1.99. The zero-order valence-corrected chi connectivity index (χ0v) is 10.1. The van der Waals surface area contributed by atoms with Crippen LogP contribution in [0.2, 0.25) is 0 Å². The molecule has 1 aromatic carbocycles. The van der Waals surface area contributed by atoms with Crippen molar-refractivity contribution in [2.75, 3.05) is 0 Å². The van der Waals surface area contributed by atoms with Crippen LogP contribution in [-0.4, -0.2) is 9.78 Å². The van der Waals surface area contributed by atoms with E-state index >= 15 is 0 Å². The highest BCUT2D eigenvalue weighted by Gasteiger charge is 2.17. The molecule has 4 nitrogen and oxygen atoms in total. The van der Waals surface area contributed by atoms with Crippen LogP contribution in [0, 0.1) is 18.6 Å². The van der Waals surface area contributed by atoms with Gasteiger partial charge in [0.1, 0.15) is 0 Å². The summed E-state index contributed by atoms with van der Waals surface area (Å²) in [4.78, 5) is 0. The Bertz CT molecular complexity index is 581. The molecule has 0 saturated carbocycles. The van der Waals surface area contributed by atoms with E-state index in [2.05, 4.69) is 5.10 Å². The van der Waals surface area contributed by atoms with Crippen LogP contribution in [0.4, 0.5) is 8.78 Å². The van der Waals surface area contributed by atoms with Crippen molar-refractivity contribution in [1.82, 2.24) is 9.78 Å². The molecule has 0 fully saturated rings. The van der Waals surface area contributed by atoms with Gasteiger partial charge in [-0.25, -0.2) is 9.07 Å². The first-order valence-corrected chi connectivity index (χ1v) is 5.39. The SMILES string of the molecule is Cc1nn(C)c(Oc2cccc(F)c2F)c1CN. The van der Waals surface area contributed by atoms with E-state index in [-0.39, 0.29) is 12.3 Å². The maximum atomic E-state index is 13.5. The Kier molecular flexibility index (Phi) is 3.29. The Hall–Kier alpha value is -1.95. The molecular formula is C12H13F2N3O. The summed E-state index contributed by atoms with van der Waals surface area (Å²) in [5, 5.41) is 4.13. The molecule has 0 unspecified atom stereocenters. The molecule has 0 bridgehead atoms. The number of nitrogens with zero attached hydrogens (tertiary/aromatic N) is 2. The van der Waals surface area contributed by atoms with Gasteiger partial charge in [-0.2, -0.15) is 9.49 Å². The lowest BCUT2D eigenvalue weighted by Crippen LogP contribution is -2.02. The molecular weight excluding hydrogens is 240 g/mol. The van der Waals surface area contributed by atoms with Crippen molar-refractivity contribution < 1.29 is 13.5 Å². The van der Waals surface area contributed by atoms with Crippen molar-refractivity contribution in [2.24, 2.45) is 12.8 Å². The first kappa shape index (κ1) is 12.5. The predicted molar refractivity (Wildman–Crippen MR) is 62.3 cm³/mol. The molecule has 0 aliphatic rings. The second-order valence-corrected chi connectivity index (χ2v) is 3.85. The molecule has 18 heavy (non-hydrogen) atoms. The maximum Gasteiger partial charge on any atom is 0.222 e. The predicted octanol–water partition coefficient (Wildman–Crippen LogP) is 2.26. The van der Waals surface area contributed by atoms with E-state index < -0.39 is 11.6 Å². The number of benzene rings is 1. The smallest absolute Gasteiger partial charge is 0.222 e. The summed E-state index contributed by atoms with van der Waals surface area (Å²) in [6.07, 6.45) is 0. The average molecular weight is 253 g/mol. The van der Waals surface area contributed by atoms with Gasteiger partial charge in [0.25, 0.3) is 0 Å². The highest BCUT2D eigenvalue weighted by molar-refractivity contribution is 5.36.